The van der Waals surface area contributed by atoms with Gasteiger partial charge in [0, 0.05) is 36.7 Å². The lowest BCUT2D eigenvalue weighted by Gasteiger charge is -2.37. The summed E-state index contributed by atoms with van der Waals surface area (Å²) in [6.07, 6.45) is 6.18. The molecule has 0 aromatic heterocycles. The van der Waals surface area contributed by atoms with Crippen molar-refractivity contribution in [2.45, 2.75) is 39.5 Å². The van der Waals surface area contributed by atoms with Crippen LogP contribution in [0.4, 0.5) is 0 Å². The van der Waals surface area contributed by atoms with E-state index in [1.165, 1.54) is 18.5 Å². The van der Waals surface area contributed by atoms with E-state index in [0.29, 0.717) is 5.78 Å². The standard InChI is InChI=1S/C12H19NO/c1-12(2)6-5-10(14)9-11(12)13-7-3-4-8-13/h9H,3-8H2,1-2H3. The predicted molar refractivity (Wildman–Crippen MR) is 56.9 cm³/mol. The lowest BCUT2D eigenvalue weighted by Crippen LogP contribution is -2.33. The van der Waals surface area contributed by atoms with Gasteiger partial charge in [0.1, 0.15) is 0 Å². The SMILES string of the molecule is CC1(C)CCC(=O)C=C1N1CCCC1. The van der Waals surface area contributed by atoms with Crippen LogP contribution < -0.4 is 0 Å². The highest BCUT2D eigenvalue weighted by Crippen LogP contribution is 2.38. The molecule has 0 saturated carbocycles. The highest BCUT2D eigenvalue weighted by Gasteiger charge is 2.32. The zero-order valence-electron chi connectivity index (χ0n) is 9.18. The number of nitrogens with zero attached hydrogens (tertiary/aromatic N) is 1. The van der Waals surface area contributed by atoms with Gasteiger partial charge in [-0.25, -0.2) is 0 Å². The predicted octanol–water partition coefficient (Wildman–Crippen LogP) is 2.36. The molecule has 2 rings (SSSR count). The Labute approximate surface area is 86.0 Å². The quantitative estimate of drug-likeness (QED) is 0.637. The summed E-state index contributed by atoms with van der Waals surface area (Å²) in [7, 11) is 0. The smallest absolute Gasteiger partial charge is 0.157 e. The van der Waals surface area contributed by atoms with Crippen molar-refractivity contribution < 1.29 is 4.79 Å². The van der Waals surface area contributed by atoms with Gasteiger partial charge in [0.2, 0.25) is 0 Å². The summed E-state index contributed by atoms with van der Waals surface area (Å²) in [6, 6.07) is 0. The lowest BCUT2D eigenvalue weighted by molar-refractivity contribution is -0.115. The molecular formula is C12H19NO. The molecule has 0 spiro atoms. The van der Waals surface area contributed by atoms with Crippen LogP contribution in [-0.4, -0.2) is 23.8 Å². The second kappa shape index (κ2) is 3.41. The number of rotatable bonds is 1. The van der Waals surface area contributed by atoms with E-state index in [1.54, 1.807) is 0 Å². The largest absolute Gasteiger partial charge is 0.374 e. The topological polar surface area (TPSA) is 20.3 Å². The van der Waals surface area contributed by atoms with Crippen LogP contribution in [0.3, 0.4) is 0 Å². The van der Waals surface area contributed by atoms with E-state index in [-0.39, 0.29) is 5.41 Å². The fourth-order valence-corrected chi connectivity index (χ4v) is 2.46. The molecule has 0 unspecified atom stereocenters. The summed E-state index contributed by atoms with van der Waals surface area (Å²) in [5, 5.41) is 0. The van der Waals surface area contributed by atoms with Crippen molar-refractivity contribution in [2.75, 3.05) is 13.1 Å². The van der Waals surface area contributed by atoms with Gasteiger partial charge in [0.05, 0.1) is 0 Å². The molecule has 78 valence electrons. The molecule has 0 radical (unpaired) electrons. The minimum atomic E-state index is 0.207. The van der Waals surface area contributed by atoms with Crippen molar-refractivity contribution in [3.63, 3.8) is 0 Å². The third kappa shape index (κ3) is 1.70. The maximum atomic E-state index is 11.4. The Morgan fingerprint density at radius 2 is 1.93 bits per heavy atom. The van der Waals surface area contributed by atoms with Gasteiger partial charge in [-0.2, -0.15) is 0 Å². The van der Waals surface area contributed by atoms with Crippen LogP contribution in [0, 0.1) is 5.41 Å². The Bertz CT molecular complexity index is 272. The van der Waals surface area contributed by atoms with Crippen LogP contribution in [0.1, 0.15) is 39.5 Å². The zero-order chi connectivity index (χ0) is 10.2. The molecular weight excluding hydrogens is 174 g/mol. The fraction of sp³-hybridized carbons (Fsp3) is 0.750. The number of allylic oxidation sites excluding steroid dienone is 2. The van der Waals surface area contributed by atoms with E-state index >= 15 is 0 Å². The highest BCUT2D eigenvalue weighted by atomic mass is 16.1. The van der Waals surface area contributed by atoms with Gasteiger partial charge in [0.15, 0.2) is 5.78 Å². The van der Waals surface area contributed by atoms with E-state index in [1.807, 2.05) is 6.08 Å². The number of likely N-dealkylation sites (tertiary alicyclic amines) is 1. The molecule has 2 aliphatic rings. The molecule has 1 aliphatic heterocycles. The first kappa shape index (κ1) is 9.75. The second-order valence-corrected chi connectivity index (χ2v) is 5.07. The van der Waals surface area contributed by atoms with Crippen molar-refractivity contribution in [2.24, 2.45) is 5.41 Å². The molecule has 1 saturated heterocycles. The van der Waals surface area contributed by atoms with Crippen molar-refractivity contribution >= 4 is 5.78 Å². The molecule has 0 N–H and O–H groups in total. The molecule has 1 fully saturated rings. The molecule has 1 aliphatic carbocycles. The minimum Gasteiger partial charge on any atom is -0.374 e. The average molecular weight is 193 g/mol. The third-order valence-electron chi connectivity index (χ3n) is 3.43. The Morgan fingerprint density at radius 3 is 2.57 bits per heavy atom. The van der Waals surface area contributed by atoms with Crippen LogP contribution in [-0.2, 0) is 4.79 Å². The van der Waals surface area contributed by atoms with Gasteiger partial charge >= 0.3 is 0 Å². The first-order valence-corrected chi connectivity index (χ1v) is 5.59. The summed E-state index contributed by atoms with van der Waals surface area (Å²) in [5.74, 6) is 0.311. The van der Waals surface area contributed by atoms with Gasteiger partial charge in [-0.15, -0.1) is 0 Å². The Hall–Kier alpha value is -0.790. The van der Waals surface area contributed by atoms with Crippen molar-refractivity contribution in [3.8, 4) is 0 Å². The third-order valence-corrected chi connectivity index (χ3v) is 3.43. The molecule has 0 aromatic rings. The number of ketones is 1. The van der Waals surface area contributed by atoms with E-state index in [2.05, 4.69) is 18.7 Å². The van der Waals surface area contributed by atoms with Crippen molar-refractivity contribution in [1.29, 1.82) is 0 Å². The molecule has 0 bridgehead atoms. The number of carbonyl (C=O) groups excluding carboxylic acids is 1. The monoisotopic (exact) mass is 193 g/mol. The van der Waals surface area contributed by atoms with E-state index < -0.39 is 0 Å². The zero-order valence-corrected chi connectivity index (χ0v) is 9.18. The van der Waals surface area contributed by atoms with Crippen LogP contribution >= 0.6 is 0 Å². The lowest BCUT2D eigenvalue weighted by atomic mass is 9.78. The fourth-order valence-electron chi connectivity index (χ4n) is 2.46. The first-order chi connectivity index (χ1) is 6.59. The number of hydrogen-bond acceptors (Lipinski definition) is 2. The van der Waals surface area contributed by atoms with Crippen LogP contribution in [0.2, 0.25) is 0 Å². The van der Waals surface area contributed by atoms with Gasteiger partial charge < -0.3 is 4.90 Å². The van der Waals surface area contributed by atoms with Crippen molar-refractivity contribution in [1.82, 2.24) is 4.90 Å². The summed E-state index contributed by atoms with van der Waals surface area (Å²) in [5.41, 5.74) is 1.49. The maximum Gasteiger partial charge on any atom is 0.157 e. The molecule has 2 heteroatoms. The van der Waals surface area contributed by atoms with E-state index in [9.17, 15) is 4.79 Å². The molecule has 0 aromatic carbocycles. The molecule has 0 amide bonds. The first-order valence-electron chi connectivity index (χ1n) is 5.59. The van der Waals surface area contributed by atoms with Crippen LogP contribution in [0.25, 0.3) is 0 Å². The number of carbonyl (C=O) groups is 1. The van der Waals surface area contributed by atoms with E-state index in [4.69, 9.17) is 0 Å². The van der Waals surface area contributed by atoms with Crippen LogP contribution in [0.5, 0.6) is 0 Å². The Kier molecular flexibility index (Phi) is 2.38. The summed E-state index contributed by atoms with van der Waals surface area (Å²) < 4.78 is 0. The van der Waals surface area contributed by atoms with Gasteiger partial charge in [0.25, 0.3) is 0 Å². The average Bonchev–Trinajstić information content (AvgIpc) is 2.62. The highest BCUT2D eigenvalue weighted by molar-refractivity contribution is 5.91. The summed E-state index contributed by atoms with van der Waals surface area (Å²) in [6.45, 7) is 6.79. The maximum absolute atomic E-state index is 11.4. The second-order valence-electron chi connectivity index (χ2n) is 5.07. The summed E-state index contributed by atoms with van der Waals surface area (Å²) in [4.78, 5) is 13.8. The molecule has 1 heterocycles. The molecule has 14 heavy (non-hydrogen) atoms. The summed E-state index contributed by atoms with van der Waals surface area (Å²) >= 11 is 0. The minimum absolute atomic E-state index is 0.207. The molecule has 0 atom stereocenters. The van der Waals surface area contributed by atoms with Gasteiger partial charge in [-0.05, 0) is 19.3 Å². The number of hydrogen-bond donors (Lipinski definition) is 0. The normalized spacial score (nSPS) is 26.6. The molecule has 2 nitrogen and oxygen atoms in total. The van der Waals surface area contributed by atoms with E-state index in [0.717, 1.165) is 25.9 Å². The van der Waals surface area contributed by atoms with Gasteiger partial charge in [-0.3, -0.25) is 4.79 Å². The van der Waals surface area contributed by atoms with Crippen LogP contribution in [0.15, 0.2) is 11.8 Å². The van der Waals surface area contributed by atoms with Crippen molar-refractivity contribution in [3.05, 3.63) is 11.8 Å². The van der Waals surface area contributed by atoms with Gasteiger partial charge in [-0.1, -0.05) is 13.8 Å². The Morgan fingerprint density at radius 1 is 1.29 bits per heavy atom. The Balaban J connectivity index is 2.24.